The number of hydrogen-bond acceptors (Lipinski definition) is 4. The Balaban J connectivity index is 1.69. The molecule has 2 aromatic rings. The molecule has 0 aliphatic heterocycles. The van der Waals surface area contributed by atoms with Crippen LogP contribution in [0.1, 0.15) is 69.9 Å². The maximum Gasteiger partial charge on any atom is 0.335 e. The Morgan fingerprint density at radius 1 is 1.21 bits per heavy atom. The van der Waals surface area contributed by atoms with E-state index in [-0.39, 0.29) is 28.8 Å². The molecule has 1 atom stereocenters. The number of halogens is 2. The molecule has 0 saturated heterocycles. The molecule has 0 aromatic heterocycles. The predicted octanol–water partition coefficient (Wildman–Crippen LogP) is 5.31. The molecule has 1 fully saturated rings. The minimum atomic E-state index is -1.24. The van der Waals surface area contributed by atoms with Gasteiger partial charge in [-0.2, -0.15) is 0 Å². The van der Waals surface area contributed by atoms with Crippen LogP contribution < -0.4 is 5.32 Å². The fourth-order valence-corrected chi connectivity index (χ4v) is 4.51. The molecule has 0 radical (unpaired) electrons. The third kappa shape index (κ3) is 4.84. The molecule has 33 heavy (non-hydrogen) atoms. The molecule has 3 N–H and O–H groups in total. The summed E-state index contributed by atoms with van der Waals surface area (Å²) < 4.78 is 20.1. The van der Waals surface area contributed by atoms with Crippen molar-refractivity contribution in [2.24, 2.45) is 0 Å². The zero-order chi connectivity index (χ0) is 23.7. The lowest BCUT2D eigenvalue weighted by molar-refractivity contribution is 0.0695. The molecule has 1 amide bonds. The highest BCUT2D eigenvalue weighted by Crippen LogP contribution is 2.43. The number of aromatic carboxylic acids is 1. The summed E-state index contributed by atoms with van der Waals surface area (Å²) in [6.07, 6.45) is 3.25. The van der Waals surface area contributed by atoms with E-state index in [0.29, 0.717) is 47.0 Å². The van der Waals surface area contributed by atoms with Gasteiger partial charge in [-0.15, -0.1) is 0 Å². The van der Waals surface area contributed by atoms with Crippen LogP contribution in [0.4, 0.5) is 4.39 Å². The van der Waals surface area contributed by atoms with Gasteiger partial charge in [-0.3, -0.25) is 10.2 Å². The highest BCUT2D eigenvalue weighted by molar-refractivity contribution is 6.34. The number of carboxylic acid groups (broad SMARTS) is 1. The average molecular weight is 471 g/mol. The van der Waals surface area contributed by atoms with Crippen LogP contribution >= 0.6 is 11.6 Å². The van der Waals surface area contributed by atoms with E-state index in [2.05, 4.69) is 5.32 Å². The van der Waals surface area contributed by atoms with Gasteiger partial charge in [0.1, 0.15) is 5.82 Å². The molecule has 0 bridgehead atoms. The smallest absolute Gasteiger partial charge is 0.335 e. The van der Waals surface area contributed by atoms with Crippen molar-refractivity contribution < 1.29 is 23.8 Å². The van der Waals surface area contributed by atoms with Crippen molar-refractivity contribution >= 4 is 29.2 Å². The number of rotatable bonds is 7. The van der Waals surface area contributed by atoms with Crippen molar-refractivity contribution in [3.8, 4) is 0 Å². The normalized spacial score (nSPS) is 18.2. The highest BCUT2D eigenvalue weighted by Gasteiger charge is 2.31. The fraction of sp³-hybridized carbons (Fsp3) is 0.320. The lowest BCUT2D eigenvalue weighted by Gasteiger charge is -2.27. The Kier molecular flexibility index (Phi) is 6.63. The van der Waals surface area contributed by atoms with Crippen LogP contribution in [-0.4, -0.2) is 35.9 Å². The largest absolute Gasteiger partial charge is 0.478 e. The number of nitrogens with one attached hydrogen (secondary N) is 2. The standard InChI is InChI=1S/C25H24ClFN2O4/c1-33-15-8-10-18(23(28)17-9-7-14(25(31)32)11-20(17)27)21(12-15)29-24(30)22-16(13-5-6-13)3-2-4-19(22)26/h2-4,7,9,11,13,15,28H,5-6,8,10,12H2,1H3,(H,29,30)(H,31,32). The maximum absolute atomic E-state index is 14.7. The van der Waals surface area contributed by atoms with Gasteiger partial charge in [0.05, 0.1) is 28.0 Å². The second-order valence-corrected chi connectivity index (χ2v) is 8.77. The number of allylic oxidation sites excluding steroid dienone is 1. The Morgan fingerprint density at radius 2 is 1.97 bits per heavy atom. The molecule has 2 aliphatic carbocycles. The summed E-state index contributed by atoms with van der Waals surface area (Å²) in [7, 11) is 1.59. The zero-order valence-electron chi connectivity index (χ0n) is 18.1. The lowest BCUT2D eigenvalue weighted by atomic mass is 9.87. The third-order valence-corrected chi connectivity index (χ3v) is 6.50. The average Bonchev–Trinajstić information content (AvgIpc) is 3.63. The van der Waals surface area contributed by atoms with Gasteiger partial charge in [0.2, 0.25) is 0 Å². The Bertz CT molecular complexity index is 1170. The monoisotopic (exact) mass is 470 g/mol. The van der Waals surface area contributed by atoms with Crippen molar-refractivity contribution in [1.82, 2.24) is 5.32 Å². The van der Waals surface area contributed by atoms with Crippen molar-refractivity contribution in [1.29, 1.82) is 5.41 Å². The topological polar surface area (TPSA) is 99.5 Å². The Hall–Kier alpha value is -3.03. The molecule has 4 rings (SSSR count). The molecule has 2 aliphatic rings. The molecular formula is C25H24ClFN2O4. The number of benzene rings is 2. The van der Waals surface area contributed by atoms with Gasteiger partial charge < -0.3 is 15.2 Å². The van der Waals surface area contributed by atoms with E-state index in [4.69, 9.17) is 26.9 Å². The second-order valence-electron chi connectivity index (χ2n) is 8.36. The van der Waals surface area contributed by atoms with Crippen LogP contribution in [-0.2, 0) is 4.74 Å². The lowest BCUT2D eigenvalue weighted by Crippen LogP contribution is -2.32. The van der Waals surface area contributed by atoms with Crippen LogP contribution in [0.15, 0.2) is 47.7 Å². The molecule has 1 unspecified atom stereocenters. The number of carbonyl (C=O) groups excluding carboxylic acids is 1. The number of carbonyl (C=O) groups is 2. The van der Waals surface area contributed by atoms with E-state index in [1.54, 1.807) is 13.2 Å². The molecule has 0 heterocycles. The summed E-state index contributed by atoms with van der Waals surface area (Å²) in [5.74, 6) is -2.09. The van der Waals surface area contributed by atoms with Gasteiger partial charge in [-0.05, 0) is 67.0 Å². The first-order valence-electron chi connectivity index (χ1n) is 10.8. The molecule has 172 valence electrons. The highest BCUT2D eigenvalue weighted by atomic mass is 35.5. The van der Waals surface area contributed by atoms with Crippen LogP contribution in [0.2, 0.25) is 5.02 Å². The summed E-state index contributed by atoms with van der Waals surface area (Å²) in [5.41, 5.74) is 2.03. The van der Waals surface area contributed by atoms with Gasteiger partial charge >= 0.3 is 5.97 Å². The maximum atomic E-state index is 14.7. The fourth-order valence-electron chi connectivity index (χ4n) is 4.24. The van der Waals surface area contributed by atoms with E-state index in [1.807, 2.05) is 12.1 Å². The van der Waals surface area contributed by atoms with Gasteiger partial charge in [0.25, 0.3) is 5.91 Å². The second kappa shape index (κ2) is 9.45. The van der Waals surface area contributed by atoms with Crippen LogP contribution in [0, 0.1) is 11.2 Å². The molecule has 2 aromatic carbocycles. The number of hydrogen-bond donors (Lipinski definition) is 3. The van der Waals surface area contributed by atoms with E-state index in [9.17, 15) is 14.0 Å². The first-order chi connectivity index (χ1) is 15.8. The van der Waals surface area contributed by atoms with Crippen molar-refractivity contribution in [2.75, 3.05) is 7.11 Å². The number of methoxy groups -OCH3 is 1. The Morgan fingerprint density at radius 3 is 2.61 bits per heavy atom. The minimum absolute atomic E-state index is 0.0194. The number of carboxylic acids is 1. The molecule has 6 nitrogen and oxygen atoms in total. The number of ether oxygens (including phenoxy) is 1. The van der Waals surface area contributed by atoms with Crippen molar-refractivity contribution in [2.45, 2.75) is 44.1 Å². The summed E-state index contributed by atoms with van der Waals surface area (Å²) >= 11 is 6.38. The molecule has 1 saturated carbocycles. The van der Waals surface area contributed by atoms with E-state index >= 15 is 0 Å². The number of amides is 1. The Labute approximate surface area is 195 Å². The summed E-state index contributed by atoms with van der Waals surface area (Å²) in [4.78, 5) is 24.4. The molecule has 0 spiro atoms. The van der Waals surface area contributed by atoms with Crippen LogP contribution in [0.3, 0.4) is 0 Å². The van der Waals surface area contributed by atoms with Gasteiger partial charge in [0.15, 0.2) is 0 Å². The SMILES string of the molecule is COC1CCC(C(=N)c2ccc(C(=O)O)cc2F)=C(NC(=O)c2c(Cl)cccc2C2CC2)C1. The quantitative estimate of drug-likeness (QED) is 0.478. The zero-order valence-corrected chi connectivity index (χ0v) is 18.8. The van der Waals surface area contributed by atoms with Gasteiger partial charge in [-0.25, -0.2) is 9.18 Å². The molecule has 8 heteroatoms. The first kappa shape index (κ1) is 23.1. The molecular weight excluding hydrogens is 447 g/mol. The van der Waals surface area contributed by atoms with E-state index < -0.39 is 11.8 Å². The van der Waals surface area contributed by atoms with E-state index in [0.717, 1.165) is 24.5 Å². The van der Waals surface area contributed by atoms with Gasteiger partial charge in [0, 0.05) is 24.8 Å². The minimum Gasteiger partial charge on any atom is -0.478 e. The van der Waals surface area contributed by atoms with Crippen LogP contribution in [0.5, 0.6) is 0 Å². The third-order valence-electron chi connectivity index (χ3n) is 6.19. The van der Waals surface area contributed by atoms with E-state index in [1.165, 1.54) is 12.1 Å². The summed E-state index contributed by atoms with van der Waals surface area (Å²) in [5, 5.41) is 21.0. The van der Waals surface area contributed by atoms with Crippen molar-refractivity contribution in [3.05, 3.63) is 80.8 Å². The van der Waals surface area contributed by atoms with Crippen molar-refractivity contribution in [3.63, 3.8) is 0 Å². The van der Waals surface area contributed by atoms with Crippen LogP contribution in [0.25, 0.3) is 0 Å². The summed E-state index contributed by atoms with van der Waals surface area (Å²) in [6, 6.07) is 8.87. The van der Waals surface area contributed by atoms with Gasteiger partial charge in [-0.1, -0.05) is 23.7 Å². The summed E-state index contributed by atoms with van der Waals surface area (Å²) in [6.45, 7) is 0. The first-order valence-corrected chi connectivity index (χ1v) is 11.1. The predicted molar refractivity (Wildman–Crippen MR) is 123 cm³/mol.